The summed E-state index contributed by atoms with van der Waals surface area (Å²) in [5, 5.41) is 0. The van der Waals surface area contributed by atoms with E-state index in [1.807, 2.05) is 13.2 Å². The predicted molar refractivity (Wildman–Crippen MR) is 90.9 cm³/mol. The van der Waals surface area contributed by atoms with Crippen molar-refractivity contribution in [3.8, 4) is 0 Å². The van der Waals surface area contributed by atoms with Gasteiger partial charge in [-0.25, -0.2) is 0 Å². The average Bonchev–Trinajstić information content (AvgIpc) is 2.46. The molecule has 0 aromatic heterocycles. The van der Waals surface area contributed by atoms with E-state index in [2.05, 4.69) is 53.4 Å². The van der Waals surface area contributed by atoms with Gasteiger partial charge in [0.25, 0.3) is 0 Å². The maximum Gasteiger partial charge on any atom is 0.0848 e. The van der Waals surface area contributed by atoms with Crippen LogP contribution in [0.25, 0.3) is 0 Å². The van der Waals surface area contributed by atoms with Crippen LogP contribution in [-0.4, -0.2) is 18.8 Å². The van der Waals surface area contributed by atoms with Gasteiger partial charge < -0.3 is 4.74 Å². The summed E-state index contributed by atoms with van der Waals surface area (Å²) in [6, 6.07) is 8.54. The Kier molecular flexibility index (Phi) is 5.47. The van der Waals surface area contributed by atoms with Gasteiger partial charge in [0.15, 0.2) is 0 Å². The molecule has 0 amide bonds. The Balaban J connectivity index is 2.14. The lowest BCUT2D eigenvalue weighted by Gasteiger charge is -2.47. The zero-order valence-corrected chi connectivity index (χ0v) is 14.9. The molecule has 0 aliphatic heterocycles. The number of nitrogens with one attached hydrogen (secondary N) is 1. The Bertz CT molecular complexity index is 466. The summed E-state index contributed by atoms with van der Waals surface area (Å²) in [6.07, 6.45) is 5.35. The molecule has 0 radical (unpaired) electrons. The second-order valence-electron chi connectivity index (χ2n) is 6.99. The third-order valence-corrected chi connectivity index (χ3v) is 5.51. The molecule has 1 unspecified atom stereocenters. The van der Waals surface area contributed by atoms with Gasteiger partial charge in [-0.05, 0) is 55.2 Å². The summed E-state index contributed by atoms with van der Waals surface area (Å²) in [5.74, 6) is 5.88. The number of methoxy groups -OCH3 is 1. The van der Waals surface area contributed by atoms with E-state index in [1.165, 1.54) is 18.4 Å². The van der Waals surface area contributed by atoms with Gasteiger partial charge in [0.2, 0.25) is 0 Å². The Morgan fingerprint density at radius 1 is 1.29 bits per heavy atom. The van der Waals surface area contributed by atoms with Crippen molar-refractivity contribution >= 4 is 15.9 Å². The van der Waals surface area contributed by atoms with Gasteiger partial charge in [-0.15, -0.1) is 0 Å². The van der Waals surface area contributed by atoms with Crippen LogP contribution in [0.1, 0.15) is 45.1 Å². The van der Waals surface area contributed by atoms with E-state index in [1.54, 1.807) is 0 Å². The molecular weight excluding hydrogens is 328 g/mol. The van der Waals surface area contributed by atoms with E-state index in [9.17, 15) is 0 Å². The minimum atomic E-state index is -0.160. The molecule has 1 aliphatic carbocycles. The first-order valence-corrected chi connectivity index (χ1v) is 8.46. The summed E-state index contributed by atoms with van der Waals surface area (Å²) < 4.78 is 7.08. The van der Waals surface area contributed by atoms with Gasteiger partial charge in [-0.1, -0.05) is 41.9 Å². The normalized spacial score (nSPS) is 22.0. The van der Waals surface area contributed by atoms with Gasteiger partial charge in [-0.3, -0.25) is 11.3 Å². The van der Waals surface area contributed by atoms with Crippen LogP contribution in [0.15, 0.2) is 28.7 Å². The Hall–Kier alpha value is -0.420. The first-order valence-electron chi connectivity index (χ1n) is 7.66. The number of benzene rings is 1. The maximum absolute atomic E-state index is 5.97. The molecule has 0 heterocycles. The van der Waals surface area contributed by atoms with Crippen molar-refractivity contribution in [3.05, 3.63) is 34.3 Å². The van der Waals surface area contributed by atoms with Gasteiger partial charge >= 0.3 is 0 Å². The molecule has 4 heteroatoms. The first-order chi connectivity index (χ1) is 9.91. The molecule has 1 atom stereocenters. The molecule has 0 saturated heterocycles. The van der Waals surface area contributed by atoms with E-state index in [0.717, 1.165) is 23.7 Å². The summed E-state index contributed by atoms with van der Waals surface area (Å²) in [4.78, 5) is 0. The van der Waals surface area contributed by atoms with E-state index in [-0.39, 0.29) is 11.6 Å². The minimum Gasteiger partial charge on any atom is -0.377 e. The van der Waals surface area contributed by atoms with Crippen LogP contribution in [0.5, 0.6) is 0 Å². The number of hydrazine groups is 1. The van der Waals surface area contributed by atoms with E-state index in [4.69, 9.17) is 10.6 Å². The molecule has 1 aromatic carbocycles. The average molecular weight is 355 g/mol. The third-order valence-electron chi connectivity index (χ3n) is 5.02. The number of hydrogen-bond donors (Lipinski definition) is 2. The predicted octanol–water partition coefficient (Wildman–Crippen LogP) is 3.81. The number of hydrogen-bond acceptors (Lipinski definition) is 3. The van der Waals surface area contributed by atoms with Gasteiger partial charge in [0.05, 0.1) is 11.6 Å². The quantitative estimate of drug-likeness (QED) is 0.624. The summed E-state index contributed by atoms with van der Waals surface area (Å²) >= 11 is 3.53. The summed E-state index contributed by atoms with van der Waals surface area (Å²) in [7, 11) is 1.82. The van der Waals surface area contributed by atoms with Gasteiger partial charge in [0.1, 0.15) is 0 Å². The molecule has 1 aromatic rings. The van der Waals surface area contributed by atoms with Gasteiger partial charge in [0, 0.05) is 11.6 Å². The number of nitrogens with two attached hydrogens (primary N) is 1. The monoisotopic (exact) mass is 354 g/mol. The molecule has 3 N–H and O–H groups in total. The van der Waals surface area contributed by atoms with Crippen LogP contribution in [0.3, 0.4) is 0 Å². The van der Waals surface area contributed by atoms with Crippen LogP contribution in [0.2, 0.25) is 0 Å². The van der Waals surface area contributed by atoms with Crippen molar-refractivity contribution in [2.75, 3.05) is 7.11 Å². The molecule has 0 bridgehead atoms. The second-order valence-corrected chi connectivity index (χ2v) is 7.90. The fraction of sp³-hybridized carbons (Fsp3) is 0.647. The third kappa shape index (κ3) is 4.07. The van der Waals surface area contributed by atoms with Gasteiger partial charge in [-0.2, -0.15) is 0 Å². The lowest BCUT2D eigenvalue weighted by molar-refractivity contribution is -0.0862. The lowest BCUT2D eigenvalue weighted by Crippen LogP contribution is -2.57. The van der Waals surface area contributed by atoms with E-state index < -0.39 is 0 Å². The molecular formula is C17H27BrN2O. The van der Waals surface area contributed by atoms with Crippen molar-refractivity contribution in [2.24, 2.45) is 11.3 Å². The molecule has 1 saturated carbocycles. The Labute approximate surface area is 136 Å². The van der Waals surface area contributed by atoms with Crippen LogP contribution in [0.4, 0.5) is 0 Å². The highest BCUT2D eigenvalue weighted by Crippen LogP contribution is 2.43. The van der Waals surface area contributed by atoms with Crippen LogP contribution in [-0.2, 0) is 11.2 Å². The maximum atomic E-state index is 5.97. The van der Waals surface area contributed by atoms with Crippen LogP contribution < -0.4 is 11.3 Å². The molecule has 0 spiro atoms. The Morgan fingerprint density at radius 2 is 1.95 bits per heavy atom. The van der Waals surface area contributed by atoms with E-state index >= 15 is 0 Å². The van der Waals surface area contributed by atoms with E-state index in [0.29, 0.717) is 5.41 Å². The highest BCUT2D eigenvalue weighted by atomic mass is 79.9. The SMILES string of the molecule is COC1(C(Cc2cccc(Br)c2)NN)CCC(C)(C)CC1. The fourth-order valence-electron chi connectivity index (χ4n) is 3.34. The standard InChI is InChI=1S/C17H27BrN2O/c1-16(2)7-9-17(21-3,10-8-16)15(20-19)12-13-5-4-6-14(18)11-13/h4-6,11,15,20H,7-10,12,19H2,1-3H3. The fourth-order valence-corrected chi connectivity index (χ4v) is 3.79. The highest BCUT2D eigenvalue weighted by Gasteiger charge is 2.43. The smallest absolute Gasteiger partial charge is 0.0848 e. The van der Waals surface area contributed by atoms with Crippen molar-refractivity contribution in [3.63, 3.8) is 0 Å². The molecule has 3 nitrogen and oxygen atoms in total. The highest BCUT2D eigenvalue weighted by molar-refractivity contribution is 9.10. The van der Waals surface area contributed by atoms with Crippen molar-refractivity contribution in [2.45, 2.75) is 57.6 Å². The van der Waals surface area contributed by atoms with Crippen LogP contribution in [0, 0.1) is 5.41 Å². The van der Waals surface area contributed by atoms with Crippen molar-refractivity contribution < 1.29 is 4.74 Å². The topological polar surface area (TPSA) is 47.3 Å². The van der Waals surface area contributed by atoms with Crippen molar-refractivity contribution in [1.29, 1.82) is 0 Å². The molecule has 1 fully saturated rings. The molecule has 1 aliphatic rings. The molecule has 21 heavy (non-hydrogen) atoms. The molecule has 118 valence electrons. The van der Waals surface area contributed by atoms with Crippen molar-refractivity contribution in [1.82, 2.24) is 5.43 Å². The zero-order chi connectivity index (χ0) is 15.5. The second kappa shape index (κ2) is 6.78. The number of ether oxygens (including phenoxy) is 1. The summed E-state index contributed by atoms with van der Waals surface area (Å²) in [5.41, 5.74) is 4.54. The largest absolute Gasteiger partial charge is 0.377 e. The lowest BCUT2D eigenvalue weighted by atomic mass is 9.67. The van der Waals surface area contributed by atoms with Crippen LogP contribution >= 0.6 is 15.9 Å². The number of halogens is 1. The molecule has 2 rings (SSSR count). The Morgan fingerprint density at radius 3 is 2.48 bits per heavy atom. The zero-order valence-electron chi connectivity index (χ0n) is 13.3. The first kappa shape index (κ1) is 16.9. The number of rotatable bonds is 5. The summed E-state index contributed by atoms with van der Waals surface area (Å²) in [6.45, 7) is 4.68. The minimum absolute atomic E-state index is 0.132.